The average Bonchev–Trinajstić information content (AvgIpc) is 3.06. The van der Waals surface area contributed by atoms with E-state index in [1.165, 1.54) is 17.7 Å². The second kappa shape index (κ2) is 7.14. The summed E-state index contributed by atoms with van der Waals surface area (Å²) >= 11 is 6.09. The fraction of sp³-hybridized carbons (Fsp3) is 0. The molecule has 0 radical (unpaired) electrons. The minimum Gasteiger partial charge on any atom is -0.368 e. The van der Waals surface area contributed by atoms with Crippen LogP contribution in [0.25, 0.3) is 16.6 Å². The Kier molecular flexibility index (Phi) is 4.66. The number of nitrogens with zero attached hydrogens (tertiary/aromatic N) is 2. The van der Waals surface area contributed by atoms with E-state index in [0.717, 1.165) is 20.7 Å². The van der Waals surface area contributed by atoms with E-state index in [1.807, 2.05) is 36.4 Å². The van der Waals surface area contributed by atoms with Gasteiger partial charge in [0.15, 0.2) is 0 Å². The summed E-state index contributed by atoms with van der Waals surface area (Å²) in [4.78, 5) is 4.35. The summed E-state index contributed by atoms with van der Waals surface area (Å²) in [5.41, 5.74) is 10.8. The average molecular weight is 410 g/mol. The summed E-state index contributed by atoms with van der Waals surface area (Å²) < 4.78 is 27.4. The summed E-state index contributed by atoms with van der Waals surface area (Å²) in [6.45, 7) is 0. The maximum atomic E-state index is 13.2. The highest BCUT2D eigenvalue weighted by atomic mass is 35.5. The number of halogens is 1. The van der Waals surface area contributed by atoms with Crippen LogP contribution in [-0.4, -0.2) is 17.4 Å². The van der Waals surface area contributed by atoms with E-state index in [0.29, 0.717) is 11.0 Å². The molecule has 0 fully saturated rings. The van der Waals surface area contributed by atoms with Crippen LogP contribution in [-0.2, 0) is 10.0 Å². The molecular weight excluding hydrogens is 394 g/mol. The Balaban J connectivity index is 1.93. The van der Waals surface area contributed by atoms with Crippen molar-refractivity contribution in [1.29, 1.82) is 0 Å². The molecule has 4 aromatic rings. The van der Waals surface area contributed by atoms with Crippen LogP contribution in [0.2, 0.25) is 0 Å². The van der Waals surface area contributed by atoms with Gasteiger partial charge in [0.05, 0.1) is 15.9 Å². The normalized spacial score (nSPS) is 12.4. The van der Waals surface area contributed by atoms with E-state index < -0.39 is 10.0 Å². The number of hydrogen-bond donors (Lipinski definition) is 1. The van der Waals surface area contributed by atoms with Gasteiger partial charge in [-0.05, 0) is 35.4 Å². The number of anilines is 1. The summed E-state index contributed by atoms with van der Waals surface area (Å²) in [5.74, 6) is -0.0906. The van der Waals surface area contributed by atoms with Crippen LogP contribution in [0.5, 0.6) is 0 Å². The lowest BCUT2D eigenvalue weighted by molar-refractivity contribution is 0.589. The highest BCUT2D eigenvalue weighted by Crippen LogP contribution is 2.30. The lowest BCUT2D eigenvalue weighted by atomic mass is 9.99. The first-order chi connectivity index (χ1) is 13.5. The van der Waals surface area contributed by atoms with Crippen molar-refractivity contribution in [2.24, 2.45) is 0 Å². The van der Waals surface area contributed by atoms with Crippen molar-refractivity contribution in [2.45, 2.75) is 4.90 Å². The van der Waals surface area contributed by atoms with Gasteiger partial charge in [0.25, 0.3) is 10.0 Å². The topological polar surface area (TPSA) is 78.0 Å². The summed E-state index contributed by atoms with van der Waals surface area (Å²) in [7, 11) is -3.89. The third-order valence-electron chi connectivity index (χ3n) is 4.42. The van der Waals surface area contributed by atoms with Crippen molar-refractivity contribution in [3.05, 3.63) is 95.5 Å². The van der Waals surface area contributed by atoms with Crippen LogP contribution in [0.1, 0.15) is 11.1 Å². The molecule has 0 aliphatic rings. The second-order valence-corrected chi connectivity index (χ2v) is 8.15. The maximum Gasteiger partial charge on any atom is 0.271 e. The predicted molar refractivity (Wildman–Crippen MR) is 113 cm³/mol. The molecule has 0 amide bonds. The first-order valence-corrected chi connectivity index (χ1v) is 10.3. The first-order valence-electron chi connectivity index (χ1n) is 8.47. The molecule has 0 saturated heterocycles. The molecule has 7 heteroatoms. The fourth-order valence-electron chi connectivity index (χ4n) is 3.10. The molecule has 0 bridgehead atoms. The Hall–Kier alpha value is -3.09. The molecule has 4 rings (SSSR count). The number of imidazole rings is 1. The second-order valence-electron chi connectivity index (χ2n) is 6.14. The van der Waals surface area contributed by atoms with Crippen molar-refractivity contribution < 1.29 is 8.42 Å². The molecule has 140 valence electrons. The Morgan fingerprint density at radius 1 is 0.929 bits per heavy atom. The van der Waals surface area contributed by atoms with Crippen LogP contribution < -0.4 is 5.73 Å². The molecule has 1 heterocycles. The number of hydrogen-bond acceptors (Lipinski definition) is 4. The molecule has 5 nitrogen and oxygen atoms in total. The minimum absolute atomic E-state index is 0.0906. The number of fused-ring (bicyclic) bond motifs is 1. The van der Waals surface area contributed by atoms with E-state index in [4.69, 9.17) is 17.3 Å². The number of rotatable bonds is 4. The standard InChI is InChI=1S/C21H16ClN3O2S/c22-14-18(15-7-3-1-4-8-15)16-11-12-19-20(13-16)25(21(23)24-19)28(26,27)17-9-5-2-6-10-17/h1-14H,(H2,23,24). The minimum atomic E-state index is -3.89. The lowest BCUT2D eigenvalue weighted by Crippen LogP contribution is -2.15. The molecule has 0 unspecified atom stereocenters. The smallest absolute Gasteiger partial charge is 0.271 e. The van der Waals surface area contributed by atoms with Crippen LogP contribution in [0.15, 0.2) is 89.3 Å². The van der Waals surface area contributed by atoms with E-state index in [9.17, 15) is 8.42 Å². The van der Waals surface area contributed by atoms with Gasteiger partial charge in [0.2, 0.25) is 5.95 Å². The molecule has 28 heavy (non-hydrogen) atoms. The zero-order valence-electron chi connectivity index (χ0n) is 14.7. The van der Waals surface area contributed by atoms with Crippen LogP contribution in [0.4, 0.5) is 5.95 Å². The van der Waals surface area contributed by atoms with Crippen molar-refractivity contribution >= 4 is 44.2 Å². The monoisotopic (exact) mass is 409 g/mol. The number of nitrogen functional groups attached to an aromatic ring is 1. The van der Waals surface area contributed by atoms with Gasteiger partial charge in [-0.1, -0.05) is 66.2 Å². The van der Waals surface area contributed by atoms with Crippen molar-refractivity contribution in [3.8, 4) is 0 Å². The molecule has 0 saturated carbocycles. The van der Waals surface area contributed by atoms with Gasteiger partial charge in [-0.2, -0.15) is 0 Å². The van der Waals surface area contributed by atoms with Crippen LogP contribution in [0.3, 0.4) is 0 Å². The number of benzene rings is 3. The van der Waals surface area contributed by atoms with Crippen molar-refractivity contribution in [3.63, 3.8) is 0 Å². The number of aromatic nitrogens is 2. The molecule has 0 aliphatic heterocycles. The van der Waals surface area contributed by atoms with Gasteiger partial charge in [-0.3, -0.25) is 0 Å². The van der Waals surface area contributed by atoms with Gasteiger partial charge in [-0.25, -0.2) is 17.4 Å². The summed E-state index contributed by atoms with van der Waals surface area (Å²) in [6.07, 6.45) is 0. The van der Waals surface area contributed by atoms with Gasteiger partial charge < -0.3 is 5.73 Å². The molecule has 0 aliphatic carbocycles. The van der Waals surface area contributed by atoms with E-state index in [-0.39, 0.29) is 10.8 Å². The largest absolute Gasteiger partial charge is 0.368 e. The quantitative estimate of drug-likeness (QED) is 0.539. The van der Waals surface area contributed by atoms with Crippen LogP contribution >= 0.6 is 11.6 Å². The molecular formula is C21H16ClN3O2S. The van der Waals surface area contributed by atoms with Crippen LogP contribution in [0, 0.1) is 0 Å². The van der Waals surface area contributed by atoms with E-state index in [1.54, 1.807) is 30.3 Å². The third-order valence-corrected chi connectivity index (χ3v) is 6.37. The molecule has 0 atom stereocenters. The summed E-state index contributed by atoms with van der Waals surface area (Å²) in [6, 6.07) is 23.1. The first kappa shape index (κ1) is 18.3. The van der Waals surface area contributed by atoms with E-state index >= 15 is 0 Å². The molecule has 2 N–H and O–H groups in total. The van der Waals surface area contributed by atoms with Gasteiger partial charge in [0.1, 0.15) is 0 Å². The Morgan fingerprint density at radius 3 is 2.21 bits per heavy atom. The fourth-order valence-corrected chi connectivity index (χ4v) is 4.76. The van der Waals surface area contributed by atoms with Crippen molar-refractivity contribution in [2.75, 3.05) is 5.73 Å². The van der Waals surface area contributed by atoms with E-state index in [2.05, 4.69) is 4.98 Å². The highest BCUT2D eigenvalue weighted by Gasteiger charge is 2.23. The lowest BCUT2D eigenvalue weighted by Gasteiger charge is -2.10. The highest BCUT2D eigenvalue weighted by molar-refractivity contribution is 7.90. The molecule has 3 aromatic carbocycles. The maximum absolute atomic E-state index is 13.2. The SMILES string of the molecule is Nc1nc2ccc(C(=CCl)c3ccccc3)cc2n1S(=O)(=O)c1ccccc1. The zero-order valence-corrected chi connectivity index (χ0v) is 16.2. The number of nitrogens with two attached hydrogens (primary N) is 1. The Labute approximate surface area is 167 Å². The van der Waals surface area contributed by atoms with Crippen molar-refractivity contribution in [1.82, 2.24) is 8.96 Å². The van der Waals surface area contributed by atoms with Gasteiger partial charge >= 0.3 is 0 Å². The molecule has 0 spiro atoms. The zero-order chi connectivity index (χ0) is 19.7. The predicted octanol–water partition coefficient (Wildman–Crippen LogP) is 4.48. The third kappa shape index (κ3) is 3.06. The Bertz CT molecular complexity index is 1280. The Morgan fingerprint density at radius 2 is 1.57 bits per heavy atom. The van der Waals surface area contributed by atoms with Gasteiger partial charge in [-0.15, -0.1) is 0 Å². The molecule has 1 aromatic heterocycles. The summed E-state index contributed by atoms with van der Waals surface area (Å²) in [5, 5.41) is 0. The van der Waals surface area contributed by atoms with Gasteiger partial charge in [0, 0.05) is 11.1 Å².